The third kappa shape index (κ3) is 9.20. The van der Waals surface area contributed by atoms with E-state index in [9.17, 15) is 18.0 Å². The van der Waals surface area contributed by atoms with Gasteiger partial charge in [0.05, 0.1) is 24.8 Å². The van der Waals surface area contributed by atoms with E-state index in [4.69, 9.17) is 9.47 Å². The molecule has 0 spiro atoms. The molecule has 2 unspecified atom stereocenters. The van der Waals surface area contributed by atoms with Crippen molar-refractivity contribution < 1.29 is 27.5 Å². The van der Waals surface area contributed by atoms with Gasteiger partial charge in [-0.25, -0.2) is 8.42 Å². The van der Waals surface area contributed by atoms with Gasteiger partial charge in [0.25, 0.3) is 10.0 Å². The summed E-state index contributed by atoms with van der Waals surface area (Å²) in [6.45, 7) is 9.16. The number of anilines is 1. The summed E-state index contributed by atoms with van der Waals surface area (Å²) in [5, 5.41) is 3.07. The van der Waals surface area contributed by atoms with Crippen molar-refractivity contribution >= 4 is 27.5 Å². The van der Waals surface area contributed by atoms with Crippen LogP contribution in [0, 0.1) is 20.8 Å². The van der Waals surface area contributed by atoms with Crippen molar-refractivity contribution in [2.45, 2.75) is 71.0 Å². The van der Waals surface area contributed by atoms with Crippen molar-refractivity contribution in [2.75, 3.05) is 25.1 Å². The van der Waals surface area contributed by atoms with Crippen molar-refractivity contribution in [3.8, 4) is 11.5 Å². The van der Waals surface area contributed by atoms with E-state index >= 15 is 0 Å². The quantitative estimate of drug-likeness (QED) is 0.156. The number of sulfonamides is 1. The van der Waals surface area contributed by atoms with E-state index in [1.807, 2.05) is 95.3 Å². The third-order valence-corrected chi connectivity index (χ3v) is 10.4. The van der Waals surface area contributed by atoms with Gasteiger partial charge in [-0.2, -0.15) is 0 Å². The van der Waals surface area contributed by atoms with Gasteiger partial charge in [-0.05, 0) is 86.2 Å². The first-order chi connectivity index (χ1) is 23.4. The number of hydrogen-bond donors (Lipinski definition) is 1. The number of benzene rings is 4. The average Bonchev–Trinajstić information content (AvgIpc) is 3.08. The molecule has 4 aromatic carbocycles. The van der Waals surface area contributed by atoms with Gasteiger partial charge >= 0.3 is 0 Å². The first kappa shape index (κ1) is 37.0. The summed E-state index contributed by atoms with van der Waals surface area (Å²) in [6, 6.07) is 25.9. The topological polar surface area (TPSA) is 105 Å². The summed E-state index contributed by atoms with van der Waals surface area (Å²) in [7, 11) is -1.43. The van der Waals surface area contributed by atoms with Crippen molar-refractivity contribution in [3.63, 3.8) is 0 Å². The van der Waals surface area contributed by atoms with E-state index in [-0.39, 0.29) is 35.6 Å². The van der Waals surface area contributed by atoms with Gasteiger partial charge in [0.15, 0.2) is 11.5 Å². The van der Waals surface area contributed by atoms with Crippen molar-refractivity contribution in [3.05, 3.63) is 119 Å². The van der Waals surface area contributed by atoms with E-state index in [1.54, 1.807) is 12.1 Å². The fourth-order valence-electron chi connectivity index (χ4n) is 5.69. The largest absolute Gasteiger partial charge is 0.493 e. The monoisotopic (exact) mass is 685 g/mol. The normalized spacial score (nSPS) is 12.5. The third-order valence-electron chi connectivity index (χ3n) is 8.59. The lowest BCUT2D eigenvalue weighted by Crippen LogP contribution is -2.54. The standard InChI is InChI=1S/C39H47N3O6S/c1-8-30(5)40-39(44)35(23-31-15-10-9-11-16-31)41(25-32-17-13-12-14-29(32)4)38(43)26-42(33-21-27(2)20-28(3)22-33)49(45,46)34-18-19-36(47-6)37(24-34)48-7/h9-22,24,30,35H,8,23,25-26H2,1-7H3,(H,40,44). The summed E-state index contributed by atoms with van der Waals surface area (Å²) < 4.78 is 41.0. The molecule has 0 radical (unpaired) electrons. The summed E-state index contributed by atoms with van der Waals surface area (Å²) >= 11 is 0. The molecular weight excluding hydrogens is 639 g/mol. The van der Waals surface area contributed by atoms with Crippen LogP contribution in [0.5, 0.6) is 11.5 Å². The molecule has 2 atom stereocenters. The molecule has 4 aromatic rings. The van der Waals surface area contributed by atoms with Gasteiger partial charge in [0.2, 0.25) is 11.8 Å². The maximum Gasteiger partial charge on any atom is 0.264 e. The van der Waals surface area contributed by atoms with Gasteiger partial charge in [-0.15, -0.1) is 0 Å². The number of methoxy groups -OCH3 is 2. The Morgan fingerprint density at radius 1 is 0.816 bits per heavy atom. The van der Waals surface area contributed by atoms with Gasteiger partial charge in [-0.1, -0.05) is 67.6 Å². The number of nitrogens with zero attached hydrogens (tertiary/aromatic N) is 2. The number of ether oxygens (including phenoxy) is 2. The maximum absolute atomic E-state index is 14.8. The van der Waals surface area contributed by atoms with Crippen LogP contribution in [0.15, 0.2) is 95.9 Å². The Balaban J connectivity index is 1.87. The van der Waals surface area contributed by atoms with Crippen molar-refractivity contribution in [1.82, 2.24) is 10.2 Å². The second-order valence-corrected chi connectivity index (χ2v) is 14.2. The Bertz CT molecular complexity index is 1840. The second kappa shape index (κ2) is 16.5. The van der Waals surface area contributed by atoms with Crippen LogP contribution in [-0.4, -0.2) is 58.0 Å². The molecule has 10 heteroatoms. The van der Waals surface area contributed by atoms with E-state index in [0.717, 1.165) is 32.1 Å². The maximum atomic E-state index is 14.8. The minimum atomic E-state index is -4.33. The first-order valence-corrected chi connectivity index (χ1v) is 17.8. The van der Waals surface area contributed by atoms with Gasteiger partial charge in [-0.3, -0.25) is 13.9 Å². The Morgan fingerprint density at radius 3 is 2.06 bits per heavy atom. The number of nitrogens with one attached hydrogen (secondary N) is 1. The van der Waals surface area contributed by atoms with Crippen LogP contribution in [0.25, 0.3) is 0 Å². The van der Waals surface area contributed by atoms with E-state index in [2.05, 4.69) is 5.32 Å². The Kier molecular flexibility index (Phi) is 12.5. The molecule has 0 saturated heterocycles. The molecule has 49 heavy (non-hydrogen) atoms. The molecule has 0 heterocycles. The number of aryl methyl sites for hydroxylation is 3. The number of carbonyl (C=O) groups is 2. The van der Waals surface area contributed by atoms with Crippen LogP contribution in [0.2, 0.25) is 0 Å². The highest BCUT2D eigenvalue weighted by Crippen LogP contribution is 2.33. The fraction of sp³-hybridized carbons (Fsp3) is 0.333. The number of rotatable bonds is 15. The summed E-state index contributed by atoms with van der Waals surface area (Å²) in [6.07, 6.45) is 0.951. The Labute approximate surface area is 290 Å². The predicted molar refractivity (Wildman–Crippen MR) is 194 cm³/mol. The van der Waals surface area contributed by atoms with E-state index in [0.29, 0.717) is 17.9 Å². The Hall–Kier alpha value is -4.83. The molecule has 260 valence electrons. The minimum absolute atomic E-state index is 0.0714. The number of hydrogen-bond acceptors (Lipinski definition) is 6. The van der Waals surface area contributed by atoms with Crippen LogP contribution in [0.3, 0.4) is 0 Å². The second-order valence-electron chi connectivity index (χ2n) is 12.3. The van der Waals surface area contributed by atoms with Crippen LogP contribution in [0.4, 0.5) is 5.69 Å². The molecule has 0 aromatic heterocycles. The van der Waals surface area contributed by atoms with Crippen LogP contribution in [-0.2, 0) is 32.6 Å². The van der Waals surface area contributed by atoms with Crippen LogP contribution >= 0.6 is 0 Å². The average molecular weight is 686 g/mol. The molecule has 1 N–H and O–H groups in total. The molecule has 0 bridgehead atoms. The van der Waals surface area contributed by atoms with Gasteiger partial charge in [0, 0.05) is 25.1 Å². The number of amides is 2. The van der Waals surface area contributed by atoms with E-state index in [1.165, 1.54) is 37.3 Å². The van der Waals surface area contributed by atoms with Gasteiger partial charge in [0.1, 0.15) is 12.6 Å². The zero-order valence-corrected chi connectivity index (χ0v) is 30.2. The Morgan fingerprint density at radius 2 is 1.45 bits per heavy atom. The zero-order chi connectivity index (χ0) is 35.7. The lowest BCUT2D eigenvalue weighted by molar-refractivity contribution is -0.140. The molecule has 9 nitrogen and oxygen atoms in total. The van der Waals surface area contributed by atoms with E-state index < -0.39 is 28.5 Å². The molecule has 0 aliphatic carbocycles. The molecule has 2 amide bonds. The van der Waals surface area contributed by atoms with Crippen molar-refractivity contribution in [1.29, 1.82) is 0 Å². The van der Waals surface area contributed by atoms with Crippen molar-refractivity contribution in [2.24, 2.45) is 0 Å². The highest BCUT2D eigenvalue weighted by Gasteiger charge is 2.35. The summed E-state index contributed by atoms with van der Waals surface area (Å²) in [5.41, 5.74) is 4.68. The summed E-state index contributed by atoms with van der Waals surface area (Å²) in [4.78, 5) is 30.3. The first-order valence-electron chi connectivity index (χ1n) is 16.4. The predicted octanol–water partition coefficient (Wildman–Crippen LogP) is 6.38. The highest BCUT2D eigenvalue weighted by atomic mass is 32.2. The van der Waals surface area contributed by atoms with Gasteiger partial charge < -0.3 is 19.7 Å². The molecule has 0 saturated carbocycles. The molecule has 0 fully saturated rings. The molecular formula is C39H47N3O6S. The summed E-state index contributed by atoms with van der Waals surface area (Å²) in [5.74, 6) is -0.218. The number of carbonyl (C=O) groups excluding carboxylic acids is 2. The lowest BCUT2D eigenvalue weighted by atomic mass is 10.0. The fourth-order valence-corrected chi connectivity index (χ4v) is 7.11. The SMILES string of the molecule is CCC(C)NC(=O)C(Cc1ccccc1)N(Cc1ccccc1C)C(=O)CN(c1cc(C)cc(C)c1)S(=O)(=O)c1ccc(OC)c(OC)c1. The highest BCUT2D eigenvalue weighted by molar-refractivity contribution is 7.92. The van der Waals surface area contributed by atoms with Crippen LogP contribution in [0.1, 0.15) is 48.1 Å². The smallest absolute Gasteiger partial charge is 0.264 e. The lowest BCUT2D eigenvalue weighted by Gasteiger charge is -2.34. The molecule has 4 rings (SSSR count). The zero-order valence-electron chi connectivity index (χ0n) is 29.4. The van der Waals surface area contributed by atoms with Crippen LogP contribution < -0.4 is 19.1 Å². The molecule has 0 aliphatic rings. The molecule has 0 aliphatic heterocycles. The minimum Gasteiger partial charge on any atom is -0.493 e.